The van der Waals surface area contributed by atoms with E-state index in [1.807, 2.05) is 20.8 Å². The Morgan fingerprint density at radius 3 is 2.23 bits per heavy atom. The van der Waals surface area contributed by atoms with Crippen molar-refractivity contribution in [2.75, 3.05) is 0 Å². The molecule has 0 saturated heterocycles. The minimum atomic E-state index is -0.657. The molecule has 0 fully saturated rings. The van der Waals surface area contributed by atoms with Gasteiger partial charge in [-0.3, -0.25) is 0 Å². The van der Waals surface area contributed by atoms with E-state index in [1.54, 1.807) is 19.9 Å². The van der Waals surface area contributed by atoms with Crippen molar-refractivity contribution in [1.29, 1.82) is 0 Å². The summed E-state index contributed by atoms with van der Waals surface area (Å²) in [5.74, 6) is 0. The molecule has 0 unspecified atom stereocenters. The van der Waals surface area contributed by atoms with Crippen LogP contribution in [0.15, 0.2) is 12.3 Å². The average molecular weight is 186 g/mol. The molecule has 0 saturated carbocycles. The topological polar surface area (TPSA) is 35.5 Å². The fraction of sp³-hybridized carbons (Fsp3) is 0.700. The summed E-state index contributed by atoms with van der Waals surface area (Å²) in [6.45, 7) is 9.59. The number of allylic oxidation sites excluding steroid dienone is 1. The maximum absolute atomic E-state index is 10.8. The standard InChI is InChI=1S/C10H18O3/c1-8(2)13-9(11)12-7-6-10(3,4)5/h6-8H,1-5H3. The van der Waals surface area contributed by atoms with Gasteiger partial charge in [-0.15, -0.1) is 0 Å². The Kier molecular flexibility index (Phi) is 4.52. The van der Waals surface area contributed by atoms with E-state index in [-0.39, 0.29) is 11.5 Å². The Labute approximate surface area is 79.7 Å². The molecule has 0 atom stereocenters. The third-order valence-electron chi connectivity index (χ3n) is 1.06. The largest absolute Gasteiger partial charge is 0.513 e. The molecule has 0 aromatic rings. The minimum absolute atomic E-state index is 0.0120. The van der Waals surface area contributed by atoms with Gasteiger partial charge in [0, 0.05) is 0 Å². The van der Waals surface area contributed by atoms with E-state index in [9.17, 15) is 4.79 Å². The number of rotatable bonds is 2. The van der Waals surface area contributed by atoms with Crippen LogP contribution in [0.3, 0.4) is 0 Å². The van der Waals surface area contributed by atoms with Gasteiger partial charge in [0.25, 0.3) is 0 Å². The van der Waals surface area contributed by atoms with Crippen LogP contribution in [0.1, 0.15) is 34.6 Å². The van der Waals surface area contributed by atoms with Gasteiger partial charge in [-0.25, -0.2) is 4.79 Å². The molecule has 0 aromatic heterocycles. The van der Waals surface area contributed by atoms with Crippen molar-refractivity contribution in [2.45, 2.75) is 40.7 Å². The highest BCUT2D eigenvalue weighted by Gasteiger charge is 2.06. The highest BCUT2D eigenvalue weighted by Crippen LogP contribution is 2.14. The van der Waals surface area contributed by atoms with Gasteiger partial charge < -0.3 is 9.47 Å². The fourth-order valence-corrected chi connectivity index (χ4v) is 0.514. The lowest BCUT2D eigenvalue weighted by molar-refractivity contribution is 0.0597. The second kappa shape index (κ2) is 4.90. The van der Waals surface area contributed by atoms with E-state index < -0.39 is 6.16 Å². The third kappa shape index (κ3) is 8.92. The van der Waals surface area contributed by atoms with Crippen molar-refractivity contribution >= 4 is 6.16 Å². The summed E-state index contributed by atoms with van der Waals surface area (Å²) in [4.78, 5) is 10.8. The average Bonchev–Trinajstić information content (AvgIpc) is 1.81. The molecule has 76 valence electrons. The van der Waals surface area contributed by atoms with Gasteiger partial charge in [-0.2, -0.15) is 0 Å². The first-order valence-corrected chi connectivity index (χ1v) is 4.36. The van der Waals surface area contributed by atoms with Crippen LogP contribution in [-0.2, 0) is 9.47 Å². The molecule has 0 aliphatic heterocycles. The van der Waals surface area contributed by atoms with Crippen LogP contribution in [0.25, 0.3) is 0 Å². The predicted molar refractivity (Wildman–Crippen MR) is 51.3 cm³/mol. The van der Waals surface area contributed by atoms with Gasteiger partial charge in [-0.05, 0) is 25.3 Å². The van der Waals surface area contributed by atoms with Crippen molar-refractivity contribution < 1.29 is 14.3 Å². The maximum atomic E-state index is 10.8. The number of hydrogen-bond acceptors (Lipinski definition) is 3. The molecule has 0 radical (unpaired) electrons. The SMILES string of the molecule is CC(C)OC(=O)OC=CC(C)(C)C. The van der Waals surface area contributed by atoms with Crippen molar-refractivity contribution in [1.82, 2.24) is 0 Å². The summed E-state index contributed by atoms with van der Waals surface area (Å²) >= 11 is 0. The van der Waals surface area contributed by atoms with Crippen molar-refractivity contribution in [2.24, 2.45) is 5.41 Å². The molecule has 0 aromatic carbocycles. The van der Waals surface area contributed by atoms with E-state index in [4.69, 9.17) is 4.74 Å². The van der Waals surface area contributed by atoms with Gasteiger partial charge in [0.15, 0.2) is 0 Å². The molecule has 3 heteroatoms. The Hall–Kier alpha value is -0.990. The quantitative estimate of drug-likeness (QED) is 0.491. The monoisotopic (exact) mass is 186 g/mol. The Bertz CT molecular complexity index is 187. The summed E-state index contributed by atoms with van der Waals surface area (Å²) in [6, 6.07) is 0. The summed E-state index contributed by atoms with van der Waals surface area (Å²) in [5.41, 5.74) is 0.0120. The van der Waals surface area contributed by atoms with Gasteiger partial charge >= 0.3 is 6.16 Å². The highest BCUT2D eigenvalue weighted by molar-refractivity contribution is 5.60. The van der Waals surface area contributed by atoms with Crippen molar-refractivity contribution in [3.63, 3.8) is 0 Å². The predicted octanol–water partition coefficient (Wildman–Crippen LogP) is 3.11. The molecule has 0 N–H and O–H groups in total. The lowest BCUT2D eigenvalue weighted by Gasteiger charge is -2.11. The second-order valence-electron chi connectivity index (χ2n) is 4.20. The molecule has 0 spiro atoms. The molecule has 0 aliphatic carbocycles. The molecule has 13 heavy (non-hydrogen) atoms. The fourth-order valence-electron chi connectivity index (χ4n) is 0.514. The van der Waals surface area contributed by atoms with E-state index in [0.29, 0.717) is 0 Å². The zero-order valence-electron chi connectivity index (χ0n) is 8.96. The summed E-state index contributed by atoms with van der Waals surface area (Å²) in [7, 11) is 0. The zero-order chi connectivity index (χ0) is 10.5. The molecular formula is C10H18O3. The maximum Gasteiger partial charge on any atom is 0.513 e. The van der Waals surface area contributed by atoms with Gasteiger partial charge in [0.2, 0.25) is 0 Å². The normalized spacial score (nSPS) is 12.2. The van der Waals surface area contributed by atoms with Crippen LogP contribution in [0.5, 0.6) is 0 Å². The first kappa shape index (κ1) is 12.0. The van der Waals surface area contributed by atoms with Crippen LogP contribution in [-0.4, -0.2) is 12.3 Å². The van der Waals surface area contributed by atoms with Crippen LogP contribution >= 0.6 is 0 Å². The summed E-state index contributed by atoms with van der Waals surface area (Å²) in [6.07, 6.45) is 2.37. The smallest absolute Gasteiger partial charge is 0.431 e. The highest BCUT2D eigenvalue weighted by atomic mass is 16.7. The van der Waals surface area contributed by atoms with Crippen LogP contribution in [0, 0.1) is 5.41 Å². The molecule has 0 amide bonds. The summed E-state index contributed by atoms with van der Waals surface area (Å²) in [5, 5.41) is 0. The Morgan fingerprint density at radius 1 is 1.31 bits per heavy atom. The lowest BCUT2D eigenvalue weighted by Crippen LogP contribution is -2.11. The molecule has 0 rings (SSSR count). The first-order chi connectivity index (χ1) is 5.81. The molecule has 3 nitrogen and oxygen atoms in total. The Balaban J connectivity index is 3.77. The molecule has 0 bridgehead atoms. The van der Waals surface area contributed by atoms with Gasteiger partial charge in [-0.1, -0.05) is 20.8 Å². The van der Waals surface area contributed by atoms with E-state index in [0.717, 1.165) is 0 Å². The lowest BCUT2D eigenvalue weighted by atomic mass is 9.97. The first-order valence-electron chi connectivity index (χ1n) is 4.36. The summed E-state index contributed by atoms with van der Waals surface area (Å²) < 4.78 is 9.44. The molecule has 0 heterocycles. The van der Waals surface area contributed by atoms with Gasteiger partial charge in [0.1, 0.15) is 0 Å². The molecule has 0 aliphatic rings. The van der Waals surface area contributed by atoms with Crippen molar-refractivity contribution in [3.8, 4) is 0 Å². The van der Waals surface area contributed by atoms with Gasteiger partial charge in [0.05, 0.1) is 12.4 Å². The number of carbonyl (C=O) groups is 1. The van der Waals surface area contributed by atoms with E-state index in [1.165, 1.54) is 6.26 Å². The van der Waals surface area contributed by atoms with E-state index >= 15 is 0 Å². The number of hydrogen-bond donors (Lipinski definition) is 0. The third-order valence-corrected chi connectivity index (χ3v) is 1.06. The van der Waals surface area contributed by atoms with Crippen LogP contribution in [0.4, 0.5) is 4.79 Å². The van der Waals surface area contributed by atoms with E-state index in [2.05, 4.69) is 4.74 Å². The van der Waals surface area contributed by atoms with Crippen molar-refractivity contribution in [3.05, 3.63) is 12.3 Å². The number of carbonyl (C=O) groups excluding carboxylic acids is 1. The molecular weight excluding hydrogens is 168 g/mol. The zero-order valence-corrected chi connectivity index (χ0v) is 8.96. The van der Waals surface area contributed by atoms with Crippen LogP contribution < -0.4 is 0 Å². The minimum Gasteiger partial charge on any atom is -0.431 e. The second-order valence-corrected chi connectivity index (χ2v) is 4.20. The van der Waals surface area contributed by atoms with Crippen LogP contribution in [0.2, 0.25) is 0 Å². The number of ether oxygens (including phenoxy) is 2. The Morgan fingerprint density at radius 2 is 1.85 bits per heavy atom.